The highest BCUT2D eigenvalue weighted by molar-refractivity contribution is 7.47. The van der Waals surface area contributed by atoms with Gasteiger partial charge in [0.1, 0.15) is 13.2 Å². The van der Waals surface area contributed by atoms with E-state index in [2.05, 4.69) is 116 Å². The van der Waals surface area contributed by atoms with Crippen molar-refractivity contribution in [1.82, 2.24) is 5.32 Å². The Morgan fingerprint density at radius 1 is 0.427 bits per heavy atom. The molecule has 9 heteroatoms. The molecule has 474 valence electrons. The first-order valence-corrected chi connectivity index (χ1v) is 35.8. The third kappa shape index (κ3) is 64.7. The van der Waals surface area contributed by atoms with Gasteiger partial charge in [-0.05, 0) is 83.5 Å². The SMILES string of the molecule is CC/C=C\C/C=C\C/C=C\C/C=C\C/C=C\C/C=C\C/C=C\C/C=C\CCCCCCC(=O)NC(COP(=O)(O)OCC[N+](C)(C)C)C(O)/C=C/CCCCCCCCCCCCCCCCCCCCCCCCCCCCCCC. The first kappa shape index (κ1) is 79.2. The standard InChI is InChI=1S/C73H131N2O6P/c1-6-8-10-12-14-16-18-20-22-24-26-28-30-32-34-36-37-39-40-42-44-46-48-50-52-54-56-58-60-62-64-66-72(76)71(70-81-82(78,79)80-69-68-75(3,4)5)74-73(77)67-65-63-61-59-57-55-53-51-49-47-45-43-41-38-35-33-31-29-27-25-23-21-19-17-15-13-11-9-7-2/h9,11,15,17,21,23,27,29,33,35,41,43,47,49,53,55,64,66,71-72,76H,6-8,10,12-14,16,18-20,22,24-26,28,30-32,34,36-40,42,44-46,48,50-52,54,56-63,65,67-70H2,1-5H3,(H-,74,77,78,79)/p+1/b11-9-,17-15-,23-21-,29-27-,35-33-,43-41-,49-47-,55-53-,66-64+. The second kappa shape index (κ2) is 62.7. The van der Waals surface area contributed by atoms with Crippen LogP contribution in [-0.4, -0.2) is 73.4 Å². The number of nitrogens with one attached hydrogen (secondary N) is 1. The van der Waals surface area contributed by atoms with Crippen LogP contribution >= 0.6 is 7.82 Å². The molecule has 3 N–H and O–H groups in total. The summed E-state index contributed by atoms with van der Waals surface area (Å²) in [7, 11) is 1.55. The van der Waals surface area contributed by atoms with Crippen LogP contribution in [0.4, 0.5) is 0 Å². The number of aliphatic hydroxyl groups excluding tert-OH is 1. The van der Waals surface area contributed by atoms with Crippen LogP contribution in [0.25, 0.3) is 0 Å². The van der Waals surface area contributed by atoms with E-state index in [1.54, 1.807) is 6.08 Å². The van der Waals surface area contributed by atoms with Gasteiger partial charge in [-0.15, -0.1) is 0 Å². The molecule has 3 atom stereocenters. The van der Waals surface area contributed by atoms with E-state index >= 15 is 0 Å². The van der Waals surface area contributed by atoms with Gasteiger partial charge in [-0.3, -0.25) is 13.8 Å². The van der Waals surface area contributed by atoms with Gasteiger partial charge in [0, 0.05) is 6.42 Å². The minimum Gasteiger partial charge on any atom is -0.387 e. The van der Waals surface area contributed by atoms with E-state index in [0.29, 0.717) is 17.4 Å². The Hall–Kier alpha value is -2.84. The number of aliphatic hydroxyl groups is 1. The number of hydrogen-bond donors (Lipinski definition) is 3. The summed E-state index contributed by atoms with van der Waals surface area (Å²) in [5.74, 6) is -0.202. The number of unbranched alkanes of at least 4 members (excludes halogenated alkanes) is 33. The fraction of sp³-hybridized carbons (Fsp3) is 0.740. The summed E-state index contributed by atoms with van der Waals surface area (Å²) in [4.78, 5) is 23.4. The number of amides is 1. The largest absolute Gasteiger partial charge is 0.472 e. The minimum absolute atomic E-state index is 0.0506. The van der Waals surface area contributed by atoms with E-state index in [0.717, 1.165) is 103 Å². The Morgan fingerprint density at radius 3 is 1.07 bits per heavy atom. The summed E-state index contributed by atoms with van der Waals surface area (Å²) in [6.07, 6.45) is 92.3. The normalized spacial score (nSPS) is 14.4. The van der Waals surface area contributed by atoms with Crippen molar-refractivity contribution in [2.24, 2.45) is 0 Å². The quantitative estimate of drug-likeness (QED) is 0.0243. The maximum absolute atomic E-state index is 13.0. The van der Waals surface area contributed by atoms with Crippen LogP contribution in [0.5, 0.6) is 0 Å². The van der Waals surface area contributed by atoms with E-state index in [1.165, 1.54) is 173 Å². The fourth-order valence-corrected chi connectivity index (χ4v) is 10.4. The maximum atomic E-state index is 13.0. The topological polar surface area (TPSA) is 105 Å². The van der Waals surface area contributed by atoms with Crippen molar-refractivity contribution in [3.8, 4) is 0 Å². The van der Waals surface area contributed by atoms with Crippen LogP contribution in [0, 0.1) is 0 Å². The maximum Gasteiger partial charge on any atom is 0.472 e. The molecule has 8 nitrogen and oxygen atoms in total. The number of allylic oxidation sites excluding steroid dienone is 17. The molecule has 0 bridgehead atoms. The van der Waals surface area contributed by atoms with Crippen LogP contribution in [-0.2, 0) is 18.4 Å². The smallest absolute Gasteiger partial charge is 0.387 e. The first-order valence-electron chi connectivity index (χ1n) is 34.3. The van der Waals surface area contributed by atoms with Gasteiger partial charge in [-0.2, -0.15) is 0 Å². The van der Waals surface area contributed by atoms with E-state index < -0.39 is 20.0 Å². The van der Waals surface area contributed by atoms with E-state index in [1.807, 2.05) is 27.2 Å². The fourth-order valence-electron chi connectivity index (χ4n) is 9.71. The van der Waals surface area contributed by atoms with Crippen molar-refractivity contribution < 1.29 is 32.9 Å². The van der Waals surface area contributed by atoms with Crippen molar-refractivity contribution in [3.63, 3.8) is 0 Å². The third-order valence-electron chi connectivity index (χ3n) is 15.0. The van der Waals surface area contributed by atoms with Crippen LogP contribution in [0.15, 0.2) is 109 Å². The summed E-state index contributed by atoms with van der Waals surface area (Å²) >= 11 is 0. The Bertz CT molecular complexity index is 1700. The van der Waals surface area contributed by atoms with Gasteiger partial charge < -0.3 is 19.8 Å². The predicted molar refractivity (Wildman–Crippen MR) is 359 cm³/mol. The molecule has 0 aromatic heterocycles. The second-order valence-corrected chi connectivity index (χ2v) is 25.6. The molecule has 0 aliphatic carbocycles. The van der Waals surface area contributed by atoms with Gasteiger partial charge in [0.15, 0.2) is 0 Å². The van der Waals surface area contributed by atoms with Crippen LogP contribution in [0.2, 0.25) is 0 Å². The highest BCUT2D eigenvalue weighted by Gasteiger charge is 2.28. The zero-order chi connectivity index (χ0) is 59.8. The summed E-state index contributed by atoms with van der Waals surface area (Å²) in [6, 6.07) is -0.871. The molecular weight excluding hydrogens is 1030 g/mol. The average Bonchev–Trinajstić information content (AvgIpc) is 3.47. The molecule has 0 saturated carbocycles. The summed E-state index contributed by atoms with van der Waals surface area (Å²) < 4.78 is 23.8. The minimum atomic E-state index is -4.37. The van der Waals surface area contributed by atoms with Gasteiger partial charge >= 0.3 is 7.82 Å². The highest BCUT2D eigenvalue weighted by Crippen LogP contribution is 2.43. The predicted octanol–water partition coefficient (Wildman–Crippen LogP) is 21.9. The van der Waals surface area contributed by atoms with Gasteiger partial charge in [-0.1, -0.05) is 316 Å². The van der Waals surface area contributed by atoms with Crippen molar-refractivity contribution >= 4 is 13.7 Å². The lowest BCUT2D eigenvalue weighted by atomic mass is 10.0. The van der Waals surface area contributed by atoms with Crippen LogP contribution < -0.4 is 5.32 Å². The molecule has 0 aromatic rings. The number of likely N-dealkylation sites (N-methyl/N-ethyl adjacent to an activating group) is 1. The molecule has 0 aliphatic heterocycles. The van der Waals surface area contributed by atoms with Gasteiger partial charge in [0.05, 0.1) is 39.9 Å². The molecule has 82 heavy (non-hydrogen) atoms. The molecular formula is C73H132N2O6P+. The zero-order valence-corrected chi connectivity index (χ0v) is 55.1. The van der Waals surface area contributed by atoms with Crippen LogP contribution in [0.1, 0.15) is 296 Å². The monoisotopic (exact) mass is 1160 g/mol. The lowest BCUT2D eigenvalue weighted by Gasteiger charge is -2.25. The Balaban J connectivity index is 4.18. The average molecular weight is 1160 g/mol. The molecule has 1 amide bonds. The van der Waals surface area contributed by atoms with Crippen molar-refractivity contribution in [2.45, 2.75) is 309 Å². The number of phosphoric ester groups is 1. The molecule has 0 spiro atoms. The lowest BCUT2D eigenvalue weighted by Crippen LogP contribution is -2.45. The van der Waals surface area contributed by atoms with Gasteiger partial charge in [0.25, 0.3) is 0 Å². The number of phosphoric acid groups is 1. The molecule has 0 saturated heterocycles. The Morgan fingerprint density at radius 2 is 0.732 bits per heavy atom. The van der Waals surface area contributed by atoms with E-state index in [4.69, 9.17) is 9.05 Å². The highest BCUT2D eigenvalue weighted by atomic mass is 31.2. The number of carbonyl (C=O) groups excluding carboxylic acids is 1. The molecule has 0 aliphatic rings. The Kier molecular flexibility index (Phi) is 60.5. The number of rotatable bonds is 62. The number of quaternary nitrogens is 1. The van der Waals surface area contributed by atoms with E-state index in [-0.39, 0.29) is 19.1 Å². The molecule has 0 rings (SSSR count). The summed E-state index contributed by atoms with van der Waals surface area (Å²) in [5.41, 5.74) is 0. The van der Waals surface area contributed by atoms with Crippen molar-refractivity contribution in [1.29, 1.82) is 0 Å². The molecule has 0 aromatic carbocycles. The van der Waals surface area contributed by atoms with Crippen molar-refractivity contribution in [2.75, 3.05) is 40.9 Å². The molecule has 0 radical (unpaired) electrons. The molecule has 0 fully saturated rings. The number of hydrogen-bond acceptors (Lipinski definition) is 5. The summed E-state index contributed by atoms with van der Waals surface area (Å²) in [5, 5.41) is 14.0. The number of carbonyl (C=O) groups is 1. The van der Waals surface area contributed by atoms with E-state index in [9.17, 15) is 19.4 Å². The van der Waals surface area contributed by atoms with Gasteiger partial charge in [0.2, 0.25) is 5.91 Å². The summed E-state index contributed by atoms with van der Waals surface area (Å²) in [6.45, 7) is 4.70. The Labute approximate surface area is 508 Å². The van der Waals surface area contributed by atoms with Gasteiger partial charge in [-0.25, -0.2) is 4.57 Å². The third-order valence-corrected chi connectivity index (χ3v) is 16.0. The second-order valence-electron chi connectivity index (χ2n) is 24.2. The van der Waals surface area contributed by atoms with Crippen molar-refractivity contribution in [3.05, 3.63) is 109 Å². The molecule has 0 heterocycles. The zero-order valence-electron chi connectivity index (χ0n) is 54.2. The number of nitrogens with zero attached hydrogens (tertiary/aromatic N) is 1. The molecule has 3 unspecified atom stereocenters. The lowest BCUT2D eigenvalue weighted by molar-refractivity contribution is -0.870. The van der Waals surface area contributed by atoms with Crippen LogP contribution in [0.3, 0.4) is 0 Å². The first-order chi connectivity index (χ1) is 40.0.